The summed E-state index contributed by atoms with van der Waals surface area (Å²) < 4.78 is 0. The highest BCUT2D eigenvalue weighted by Gasteiger charge is 2.41. The number of ketones is 2. The molecule has 0 saturated heterocycles. The predicted molar refractivity (Wildman–Crippen MR) is 74.3 cm³/mol. The molecule has 0 spiro atoms. The topological polar surface area (TPSA) is 138 Å². The van der Waals surface area contributed by atoms with Crippen LogP contribution in [0.1, 0.15) is 41.5 Å². The number of phenols is 3. The number of carbonyl (C=O) groups is 2. The molecule has 8 nitrogen and oxygen atoms in total. The van der Waals surface area contributed by atoms with Gasteiger partial charge in [-0.15, -0.1) is 0 Å². The molecule has 116 valence electrons. The summed E-state index contributed by atoms with van der Waals surface area (Å²) >= 11 is 0. The molecule has 1 aromatic rings. The Morgan fingerprint density at radius 1 is 1.00 bits per heavy atom. The Balaban J connectivity index is 2.90. The zero-order valence-corrected chi connectivity index (χ0v) is 12.0. The molecule has 2 rings (SSSR count). The van der Waals surface area contributed by atoms with E-state index in [0.717, 1.165) is 6.08 Å². The molecule has 3 N–H and O–H groups in total. The van der Waals surface area contributed by atoms with Gasteiger partial charge in [0, 0.05) is 5.57 Å². The third-order valence-corrected chi connectivity index (χ3v) is 3.38. The summed E-state index contributed by atoms with van der Waals surface area (Å²) in [5, 5.41) is 40.3. The molecule has 0 bridgehead atoms. The quantitative estimate of drug-likeness (QED) is 0.312. The number of phenolic OH excluding ortho intramolecular Hbond substituents is 3. The number of rotatable bonds is 1. The van der Waals surface area contributed by atoms with Crippen LogP contribution in [0.15, 0.2) is 11.6 Å². The summed E-state index contributed by atoms with van der Waals surface area (Å²) in [5.41, 5.74) is -3.23. The Kier molecular flexibility index (Phi) is 3.20. The van der Waals surface area contributed by atoms with E-state index in [1.54, 1.807) is 20.8 Å². The third-order valence-electron chi connectivity index (χ3n) is 3.38. The van der Waals surface area contributed by atoms with E-state index >= 15 is 0 Å². The van der Waals surface area contributed by atoms with Gasteiger partial charge in [-0.05, 0) is 11.5 Å². The van der Waals surface area contributed by atoms with Crippen LogP contribution in [0.5, 0.6) is 17.2 Å². The van der Waals surface area contributed by atoms with Crippen molar-refractivity contribution >= 4 is 17.3 Å². The van der Waals surface area contributed by atoms with Crippen LogP contribution in [0.2, 0.25) is 0 Å². The SMILES string of the molecule is CC(C)(C)C1=CC(=O)c2c(O)c(O)c([N+](=O)[O-])c(O)c2C1=O. The van der Waals surface area contributed by atoms with Crippen molar-refractivity contribution < 1.29 is 29.8 Å². The van der Waals surface area contributed by atoms with Crippen molar-refractivity contribution in [2.45, 2.75) is 20.8 Å². The van der Waals surface area contributed by atoms with Crippen LogP contribution in [0.3, 0.4) is 0 Å². The number of carbonyl (C=O) groups excluding carboxylic acids is 2. The Bertz CT molecular complexity index is 769. The number of fused-ring (bicyclic) bond motifs is 1. The van der Waals surface area contributed by atoms with Crippen molar-refractivity contribution in [3.05, 3.63) is 32.9 Å². The van der Waals surface area contributed by atoms with Gasteiger partial charge in [-0.25, -0.2) is 0 Å². The Morgan fingerprint density at radius 3 is 2.00 bits per heavy atom. The van der Waals surface area contributed by atoms with Gasteiger partial charge in [0.15, 0.2) is 17.3 Å². The second kappa shape index (κ2) is 4.55. The smallest absolute Gasteiger partial charge is 0.356 e. The van der Waals surface area contributed by atoms with Crippen molar-refractivity contribution in [1.82, 2.24) is 0 Å². The standard InChI is InChI=1S/C14H13NO7/c1-14(2,3)5-4-6(16)7-8(10(5)17)11(18)9(15(21)22)13(20)12(7)19/h4,18-20H,1-3H3. The average molecular weight is 307 g/mol. The highest BCUT2D eigenvalue weighted by Crippen LogP contribution is 2.50. The molecule has 1 aliphatic rings. The van der Waals surface area contributed by atoms with Crippen molar-refractivity contribution in [3.63, 3.8) is 0 Å². The van der Waals surface area contributed by atoms with E-state index in [9.17, 15) is 35.0 Å². The molecular weight excluding hydrogens is 294 g/mol. The number of nitrogens with zero attached hydrogens (tertiary/aromatic N) is 1. The molecule has 1 aliphatic carbocycles. The molecule has 0 unspecified atom stereocenters. The maximum atomic E-state index is 12.5. The number of allylic oxidation sites excluding steroid dienone is 2. The Morgan fingerprint density at radius 2 is 1.55 bits per heavy atom. The lowest BCUT2D eigenvalue weighted by Gasteiger charge is -2.26. The molecular formula is C14H13NO7. The normalized spacial score (nSPS) is 14.6. The summed E-state index contributed by atoms with van der Waals surface area (Å²) in [6.45, 7) is 4.96. The van der Waals surface area contributed by atoms with Crippen LogP contribution in [0.25, 0.3) is 0 Å². The van der Waals surface area contributed by atoms with Crippen LogP contribution < -0.4 is 0 Å². The van der Waals surface area contributed by atoms with Gasteiger partial charge in [0.25, 0.3) is 0 Å². The van der Waals surface area contributed by atoms with Crippen LogP contribution in [0.4, 0.5) is 5.69 Å². The summed E-state index contributed by atoms with van der Waals surface area (Å²) in [7, 11) is 0. The maximum absolute atomic E-state index is 12.5. The minimum atomic E-state index is -1.25. The Labute approximate surface area is 124 Å². The second-order valence-corrected chi connectivity index (χ2v) is 5.90. The van der Waals surface area contributed by atoms with Gasteiger partial charge in [-0.1, -0.05) is 20.8 Å². The van der Waals surface area contributed by atoms with Crippen LogP contribution in [-0.4, -0.2) is 31.8 Å². The summed E-state index contributed by atoms with van der Waals surface area (Å²) in [4.78, 5) is 34.4. The first-order chi connectivity index (χ1) is 9.98. The van der Waals surface area contributed by atoms with Crippen LogP contribution >= 0.6 is 0 Å². The van der Waals surface area contributed by atoms with Gasteiger partial charge < -0.3 is 15.3 Å². The summed E-state index contributed by atoms with van der Waals surface area (Å²) in [5.74, 6) is -5.11. The van der Waals surface area contributed by atoms with E-state index in [2.05, 4.69) is 0 Å². The molecule has 0 heterocycles. The summed E-state index contributed by atoms with van der Waals surface area (Å²) in [6, 6.07) is 0. The van der Waals surface area contributed by atoms with Crippen molar-refractivity contribution in [2.75, 3.05) is 0 Å². The van der Waals surface area contributed by atoms with Gasteiger partial charge in [0.2, 0.25) is 11.5 Å². The first-order valence-electron chi connectivity index (χ1n) is 6.25. The molecule has 1 aromatic carbocycles. The number of nitro groups is 1. The number of Topliss-reactive ketones (excluding diaryl/α,β-unsaturated/α-hetero) is 1. The fourth-order valence-corrected chi connectivity index (χ4v) is 2.29. The first kappa shape index (κ1) is 15.5. The zero-order chi connectivity index (χ0) is 17.0. The molecule has 0 radical (unpaired) electrons. The van der Waals surface area contributed by atoms with Crippen molar-refractivity contribution in [1.29, 1.82) is 0 Å². The monoisotopic (exact) mass is 307 g/mol. The zero-order valence-electron chi connectivity index (χ0n) is 12.0. The number of benzene rings is 1. The van der Waals surface area contributed by atoms with Gasteiger partial charge in [-0.2, -0.15) is 0 Å². The van der Waals surface area contributed by atoms with Crippen molar-refractivity contribution in [3.8, 4) is 17.2 Å². The summed E-state index contributed by atoms with van der Waals surface area (Å²) in [6.07, 6.45) is 0.995. The number of aromatic hydroxyl groups is 3. The van der Waals surface area contributed by atoms with E-state index in [1.165, 1.54) is 0 Å². The van der Waals surface area contributed by atoms with Crippen LogP contribution in [-0.2, 0) is 0 Å². The highest BCUT2D eigenvalue weighted by atomic mass is 16.6. The second-order valence-electron chi connectivity index (χ2n) is 5.90. The Hall–Kier alpha value is -2.90. The molecule has 0 amide bonds. The van der Waals surface area contributed by atoms with Crippen LogP contribution in [0, 0.1) is 15.5 Å². The van der Waals surface area contributed by atoms with Crippen molar-refractivity contribution in [2.24, 2.45) is 5.41 Å². The van der Waals surface area contributed by atoms with Gasteiger partial charge in [0.05, 0.1) is 16.1 Å². The lowest BCUT2D eigenvalue weighted by atomic mass is 9.76. The lowest BCUT2D eigenvalue weighted by Crippen LogP contribution is -2.25. The molecule has 0 saturated carbocycles. The minimum absolute atomic E-state index is 0.0414. The maximum Gasteiger partial charge on any atom is 0.356 e. The minimum Gasteiger partial charge on any atom is -0.504 e. The number of nitro benzene ring substituents is 1. The fraction of sp³-hybridized carbons (Fsp3) is 0.286. The molecule has 0 atom stereocenters. The molecule has 0 aliphatic heterocycles. The fourth-order valence-electron chi connectivity index (χ4n) is 2.29. The predicted octanol–water partition coefficient (Wildman–Crippen LogP) is 2.06. The molecule has 0 aromatic heterocycles. The number of hydrogen-bond acceptors (Lipinski definition) is 7. The first-order valence-corrected chi connectivity index (χ1v) is 6.25. The van der Waals surface area contributed by atoms with Gasteiger partial charge >= 0.3 is 5.69 Å². The van der Waals surface area contributed by atoms with E-state index in [0.29, 0.717) is 0 Å². The van der Waals surface area contributed by atoms with E-state index < -0.39 is 56.0 Å². The third kappa shape index (κ3) is 2.00. The molecule has 8 heteroatoms. The van der Waals surface area contributed by atoms with E-state index in [4.69, 9.17) is 0 Å². The largest absolute Gasteiger partial charge is 0.504 e. The van der Waals surface area contributed by atoms with E-state index in [1.807, 2.05) is 0 Å². The lowest BCUT2D eigenvalue weighted by molar-refractivity contribution is -0.387. The molecule has 22 heavy (non-hydrogen) atoms. The van der Waals surface area contributed by atoms with Gasteiger partial charge in [0.1, 0.15) is 0 Å². The van der Waals surface area contributed by atoms with Gasteiger partial charge in [-0.3, -0.25) is 19.7 Å². The average Bonchev–Trinajstić information content (AvgIpc) is 2.36. The highest BCUT2D eigenvalue weighted by molar-refractivity contribution is 6.27. The number of hydrogen-bond donors (Lipinski definition) is 3. The molecule has 0 fully saturated rings. The van der Waals surface area contributed by atoms with E-state index in [-0.39, 0.29) is 5.57 Å².